The molecule has 0 aliphatic heterocycles. The van der Waals surface area contributed by atoms with E-state index in [0.717, 1.165) is 6.20 Å². The minimum Gasteiger partial charge on any atom is -0.476 e. The third-order valence-electron chi connectivity index (χ3n) is 3.10. The van der Waals surface area contributed by atoms with E-state index in [2.05, 4.69) is 25.9 Å². The van der Waals surface area contributed by atoms with E-state index in [0.29, 0.717) is 20.6 Å². The van der Waals surface area contributed by atoms with Gasteiger partial charge in [0.1, 0.15) is 11.4 Å². The Morgan fingerprint density at radius 2 is 2.04 bits per heavy atom. The zero-order valence-corrected chi connectivity index (χ0v) is 12.8. The predicted octanol–water partition coefficient (Wildman–Crippen LogP) is 3.88. The van der Waals surface area contributed by atoms with Gasteiger partial charge in [-0.25, -0.2) is 14.8 Å². The second kappa shape index (κ2) is 5.34. The fourth-order valence-corrected chi connectivity index (χ4v) is 2.53. The summed E-state index contributed by atoms with van der Waals surface area (Å²) in [6, 6.07) is 6.63. The van der Waals surface area contributed by atoms with Crippen molar-refractivity contribution in [2.45, 2.75) is 6.18 Å². The highest BCUT2D eigenvalue weighted by molar-refractivity contribution is 9.10. The number of carbonyl (C=O) groups is 1. The molecular formula is C14H7BrF3N3O2. The van der Waals surface area contributed by atoms with Crippen molar-refractivity contribution in [3.05, 3.63) is 52.5 Å². The third kappa shape index (κ3) is 2.79. The van der Waals surface area contributed by atoms with Gasteiger partial charge < -0.3 is 5.11 Å². The Kier molecular flexibility index (Phi) is 3.59. The van der Waals surface area contributed by atoms with Crippen molar-refractivity contribution in [1.82, 2.24) is 14.4 Å². The van der Waals surface area contributed by atoms with Crippen molar-refractivity contribution in [3.63, 3.8) is 0 Å². The molecule has 0 saturated carbocycles. The van der Waals surface area contributed by atoms with Gasteiger partial charge in [-0.1, -0.05) is 28.1 Å². The summed E-state index contributed by atoms with van der Waals surface area (Å²) in [4.78, 5) is 18.9. The Hall–Kier alpha value is -2.42. The van der Waals surface area contributed by atoms with E-state index in [1.165, 1.54) is 0 Å². The normalized spacial score (nSPS) is 11.8. The Bertz CT molecular complexity index is 921. The van der Waals surface area contributed by atoms with Crippen LogP contribution in [0.3, 0.4) is 0 Å². The molecule has 0 saturated heterocycles. The number of carboxylic acids is 1. The lowest BCUT2D eigenvalue weighted by Crippen LogP contribution is -2.12. The summed E-state index contributed by atoms with van der Waals surface area (Å²) in [7, 11) is 0. The lowest BCUT2D eigenvalue weighted by Gasteiger charge is -2.09. The average molecular weight is 386 g/mol. The number of nitrogens with zero attached hydrogens (tertiary/aromatic N) is 3. The molecule has 0 bridgehead atoms. The van der Waals surface area contributed by atoms with Crippen LogP contribution in [0.25, 0.3) is 16.9 Å². The van der Waals surface area contributed by atoms with Crippen molar-refractivity contribution in [1.29, 1.82) is 0 Å². The van der Waals surface area contributed by atoms with Crippen LogP contribution in [-0.4, -0.2) is 25.4 Å². The van der Waals surface area contributed by atoms with E-state index in [1.807, 2.05) is 0 Å². The molecule has 9 heteroatoms. The Balaban J connectivity index is 2.37. The largest absolute Gasteiger partial charge is 0.476 e. The Morgan fingerprint density at radius 1 is 1.30 bits per heavy atom. The molecule has 0 radical (unpaired) electrons. The van der Waals surface area contributed by atoms with Crippen molar-refractivity contribution < 1.29 is 23.1 Å². The SMILES string of the molecule is O=C(O)c1cn2c(C(F)(F)F)cnc2c(-c2cccc(Br)c2)n1. The molecule has 0 atom stereocenters. The standard InChI is InChI=1S/C14H7BrF3N3O2/c15-8-3-1-2-7(4-8)11-12-19-5-10(14(16,17)18)21(12)6-9(20-11)13(22)23/h1-6H,(H,22,23). The number of alkyl halides is 3. The summed E-state index contributed by atoms with van der Waals surface area (Å²) in [5.74, 6) is -1.43. The van der Waals surface area contributed by atoms with Crippen molar-refractivity contribution >= 4 is 27.5 Å². The first-order chi connectivity index (χ1) is 10.8. The van der Waals surface area contributed by atoms with Gasteiger partial charge in [-0.3, -0.25) is 4.40 Å². The number of fused-ring (bicyclic) bond motifs is 1. The van der Waals surface area contributed by atoms with E-state index in [-0.39, 0.29) is 11.3 Å². The molecule has 0 unspecified atom stereocenters. The molecule has 0 aliphatic carbocycles. The molecule has 2 heterocycles. The van der Waals surface area contributed by atoms with Crippen molar-refractivity contribution in [2.24, 2.45) is 0 Å². The first kappa shape index (κ1) is 15.5. The molecule has 23 heavy (non-hydrogen) atoms. The van der Waals surface area contributed by atoms with E-state index in [1.54, 1.807) is 24.3 Å². The molecule has 0 fully saturated rings. The van der Waals surface area contributed by atoms with Gasteiger partial charge in [0.05, 0.1) is 6.20 Å². The molecule has 1 aromatic carbocycles. The van der Waals surface area contributed by atoms with Crippen LogP contribution in [-0.2, 0) is 6.18 Å². The second-order valence-electron chi connectivity index (χ2n) is 4.63. The zero-order chi connectivity index (χ0) is 16.8. The molecule has 3 aromatic rings. The number of carboxylic acid groups (broad SMARTS) is 1. The van der Waals surface area contributed by atoms with Crippen LogP contribution in [0.15, 0.2) is 41.1 Å². The number of aromatic nitrogens is 3. The van der Waals surface area contributed by atoms with Crippen LogP contribution in [0.5, 0.6) is 0 Å². The Labute approximate surface area is 135 Å². The summed E-state index contributed by atoms with van der Waals surface area (Å²) >= 11 is 3.26. The van der Waals surface area contributed by atoms with Crippen LogP contribution in [0.4, 0.5) is 13.2 Å². The number of rotatable bonds is 2. The first-order valence-corrected chi connectivity index (χ1v) is 7.01. The lowest BCUT2D eigenvalue weighted by atomic mass is 10.1. The van der Waals surface area contributed by atoms with Gasteiger partial charge in [0.2, 0.25) is 0 Å². The molecule has 0 amide bonds. The number of imidazole rings is 1. The zero-order valence-electron chi connectivity index (χ0n) is 11.2. The van der Waals surface area contributed by atoms with E-state index < -0.39 is 23.5 Å². The molecule has 0 spiro atoms. The highest BCUT2D eigenvalue weighted by Crippen LogP contribution is 2.32. The van der Waals surface area contributed by atoms with Crippen LogP contribution < -0.4 is 0 Å². The van der Waals surface area contributed by atoms with Gasteiger partial charge in [0.15, 0.2) is 11.3 Å². The van der Waals surface area contributed by atoms with Crippen LogP contribution in [0.2, 0.25) is 0 Å². The summed E-state index contributed by atoms with van der Waals surface area (Å²) in [5, 5.41) is 9.11. The number of hydrogen-bond donors (Lipinski definition) is 1. The molecule has 1 N–H and O–H groups in total. The highest BCUT2D eigenvalue weighted by Gasteiger charge is 2.35. The third-order valence-corrected chi connectivity index (χ3v) is 3.59. The van der Waals surface area contributed by atoms with Gasteiger partial charge in [0, 0.05) is 16.2 Å². The van der Waals surface area contributed by atoms with Crippen LogP contribution in [0, 0.1) is 0 Å². The topological polar surface area (TPSA) is 67.5 Å². The van der Waals surface area contributed by atoms with E-state index in [9.17, 15) is 18.0 Å². The molecule has 0 aliphatic rings. The van der Waals surface area contributed by atoms with Gasteiger partial charge in [-0.2, -0.15) is 13.2 Å². The molecular weight excluding hydrogens is 379 g/mol. The number of benzene rings is 1. The summed E-state index contributed by atoms with van der Waals surface area (Å²) in [6.07, 6.45) is -3.19. The molecule has 118 valence electrons. The number of hydrogen-bond acceptors (Lipinski definition) is 3. The molecule has 5 nitrogen and oxygen atoms in total. The smallest absolute Gasteiger partial charge is 0.433 e. The number of aromatic carboxylic acids is 1. The maximum Gasteiger partial charge on any atom is 0.433 e. The summed E-state index contributed by atoms with van der Waals surface area (Å²) < 4.78 is 40.5. The van der Waals surface area contributed by atoms with Crippen molar-refractivity contribution in [2.75, 3.05) is 0 Å². The quantitative estimate of drug-likeness (QED) is 0.726. The molecule has 2 aromatic heterocycles. The van der Waals surface area contributed by atoms with Crippen LogP contribution in [0.1, 0.15) is 16.2 Å². The minimum atomic E-state index is -4.66. The van der Waals surface area contributed by atoms with Gasteiger partial charge in [0.25, 0.3) is 0 Å². The average Bonchev–Trinajstić information content (AvgIpc) is 2.89. The fraction of sp³-hybridized carbons (Fsp3) is 0.0714. The van der Waals surface area contributed by atoms with E-state index >= 15 is 0 Å². The monoisotopic (exact) mass is 385 g/mol. The van der Waals surface area contributed by atoms with Crippen molar-refractivity contribution in [3.8, 4) is 11.3 Å². The van der Waals surface area contributed by atoms with E-state index in [4.69, 9.17) is 5.11 Å². The molecule has 3 rings (SSSR count). The van der Waals surface area contributed by atoms with Gasteiger partial charge in [-0.15, -0.1) is 0 Å². The number of halogens is 4. The second-order valence-corrected chi connectivity index (χ2v) is 5.54. The minimum absolute atomic E-state index is 0.0571. The summed E-state index contributed by atoms with van der Waals surface area (Å²) in [5.41, 5.74) is -1.13. The van der Waals surface area contributed by atoms with Gasteiger partial charge in [-0.05, 0) is 12.1 Å². The highest BCUT2D eigenvalue weighted by atomic mass is 79.9. The van der Waals surface area contributed by atoms with Gasteiger partial charge >= 0.3 is 12.1 Å². The maximum absolute atomic E-state index is 13.0. The predicted molar refractivity (Wildman–Crippen MR) is 78.1 cm³/mol. The fourth-order valence-electron chi connectivity index (χ4n) is 2.13. The first-order valence-electron chi connectivity index (χ1n) is 6.22. The maximum atomic E-state index is 13.0. The summed E-state index contributed by atoms with van der Waals surface area (Å²) in [6.45, 7) is 0. The lowest BCUT2D eigenvalue weighted by molar-refractivity contribution is -0.141. The van der Waals surface area contributed by atoms with Crippen LogP contribution >= 0.6 is 15.9 Å². The Morgan fingerprint density at radius 3 is 2.65 bits per heavy atom.